The second-order valence-corrected chi connectivity index (χ2v) is 8.97. The molecule has 0 fully saturated rings. The Morgan fingerprint density at radius 3 is 1.63 bits per heavy atom. The van der Waals surface area contributed by atoms with Crippen LogP contribution in [0.1, 0.15) is 17.8 Å². The van der Waals surface area contributed by atoms with Crippen LogP contribution in [-0.2, 0) is 0 Å². The topological polar surface area (TPSA) is 0 Å². The smallest absolute Gasteiger partial charge is 0.0629 e. The number of hydrogen-bond acceptors (Lipinski definition) is 1. The van der Waals surface area contributed by atoms with Gasteiger partial charge < -0.3 is 0 Å². The second kappa shape index (κ2) is 8.23. The molecule has 0 spiro atoms. The van der Waals surface area contributed by atoms with Crippen molar-refractivity contribution < 1.29 is 17.8 Å². The summed E-state index contributed by atoms with van der Waals surface area (Å²) in [6, 6.07) is 8.61. The van der Waals surface area contributed by atoms with E-state index in [4.69, 9.17) is 12.3 Å². The Kier molecular flexibility index (Phi) is 2.59. The van der Waals surface area contributed by atoms with Gasteiger partial charge in [0.25, 0.3) is 0 Å². The van der Waals surface area contributed by atoms with E-state index >= 15 is 0 Å². The molecule has 1 heteroatoms. The lowest BCUT2D eigenvalue weighted by Gasteiger charge is -2.18. The fourth-order valence-corrected chi connectivity index (χ4v) is 5.80. The Morgan fingerprint density at radius 1 is 0.429 bits per heavy atom. The summed E-state index contributed by atoms with van der Waals surface area (Å²) in [5.74, 6) is 0. The van der Waals surface area contributed by atoms with E-state index in [1.807, 2.05) is 54.6 Å². The number of fused-ring (bicyclic) bond motifs is 3. The van der Waals surface area contributed by atoms with Crippen molar-refractivity contribution in [3.8, 4) is 32.7 Å². The molecule has 1 aromatic heterocycles. The largest absolute Gasteiger partial charge is 0.135 e. The van der Waals surface area contributed by atoms with Crippen LogP contribution in [0.4, 0.5) is 0 Å². The zero-order valence-corrected chi connectivity index (χ0v) is 18.9. The van der Waals surface area contributed by atoms with Gasteiger partial charge in [0.05, 0.1) is 17.8 Å². The van der Waals surface area contributed by atoms with E-state index in [1.54, 1.807) is 0 Å². The predicted molar refractivity (Wildman–Crippen MR) is 153 cm³/mol. The summed E-state index contributed by atoms with van der Waals surface area (Å²) in [7, 11) is 0. The highest BCUT2D eigenvalue weighted by Gasteiger charge is 2.22. The summed E-state index contributed by atoms with van der Waals surface area (Å²) in [5, 5.41) is 0.0456. The Balaban J connectivity index is 1.91. The molecule has 6 aromatic carbocycles. The quantitative estimate of drug-likeness (QED) is 0.223. The highest BCUT2D eigenvalue weighted by Crippen LogP contribution is 2.51. The molecule has 0 aliphatic rings. The van der Waals surface area contributed by atoms with Crippen LogP contribution in [0, 0.1) is 0 Å². The molecule has 0 aliphatic heterocycles. The third-order valence-corrected chi connectivity index (χ3v) is 7.23. The molecule has 0 atom stereocenters. The summed E-state index contributed by atoms with van der Waals surface area (Å²) in [6.45, 7) is 0. The Labute approximate surface area is 227 Å². The van der Waals surface area contributed by atoms with Crippen molar-refractivity contribution in [3.05, 3.63) is 133 Å². The van der Waals surface area contributed by atoms with Gasteiger partial charge in [-0.2, -0.15) is 0 Å². The average Bonchev–Trinajstić information content (AvgIpc) is 3.48. The van der Waals surface area contributed by atoms with Crippen LogP contribution < -0.4 is 0 Å². The fraction of sp³-hybridized carbons (Fsp3) is 0. The normalized spacial score (nSPS) is 16.6. The molecule has 0 bridgehead atoms. The van der Waals surface area contributed by atoms with Crippen molar-refractivity contribution in [1.82, 2.24) is 0 Å². The van der Waals surface area contributed by atoms with Crippen LogP contribution in [0.3, 0.4) is 0 Å². The molecule has 0 nitrogen and oxygen atoms in total. The van der Waals surface area contributed by atoms with E-state index in [-0.39, 0.29) is 32.7 Å². The highest BCUT2D eigenvalue weighted by molar-refractivity contribution is 7.23. The minimum Gasteiger partial charge on any atom is -0.135 e. The summed E-state index contributed by atoms with van der Waals surface area (Å²) < 4.78 is 115. The molecule has 35 heavy (non-hydrogen) atoms. The fourth-order valence-electron chi connectivity index (χ4n) is 4.59. The molecular formula is C34H22S. The van der Waals surface area contributed by atoms with E-state index in [0.717, 1.165) is 10.3 Å². The Bertz CT molecular complexity index is 2430. The summed E-state index contributed by atoms with van der Waals surface area (Å²) >= 11 is 1.42. The van der Waals surface area contributed by atoms with E-state index in [0.29, 0.717) is 15.8 Å². The lowest BCUT2D eigenvalue weighted by molar-refractivity contribution is 1.66. The molecular weight excluding hydrogens is 440 g/mol. The van der Waals surface area contributed by atoms with Crippen LogP contribution in [0.15, 0.2) is 133 Å². The van der Waals surface area contributed by atoms with Crippen molar-refractivity contribution in [3.63, 3.8) is 0 Å². The minimum absolute atomic E-state index is 0.0962. The molecule has 0 saturated heterocycles. The molecule has 0 unspecified atom stereocenters. The third kappa shape index (κ3) is 3.20. The minimum atomic E-state index is -0.701. The third-order valence-electron chi connectivity index (χ3n) is 6.01. The van der Waals surface area contributed by atoms with Crippen molar-refractivity contribution >= 4 is 43.0 Å². The van der Waals surface area contributed by atoms with E-state index < -0.39 is 84.1 Å². The first-order valence-electron chi connectivity index (χ1n) is 17.4. The summed E-state index contributed by atoms with van der Waals surface area (Å²) in [6.07, 6.45) is 0. The average molecular weight is 476 g/mol. The maximum Gasteiger partial charge on any atom is 0.0629 e. The van der Waals surface area contributed by atoms with Crippen LogP contribution in [0.2, 0.25) is 0 Å². The van der Waals surface area contributed by atoms with E-state index in [2.05, 4.69) is 0 Å². The molecule has 0 saturated carbocycles. The van der Waals surface area contributed by atoms with Crippen LogP contribution in [0.25, 0.3) is 64.3 Å². The molecule has 0 amide bonds. The lowest BCUT2D eigenvalue weighted by atomic mass is 9.85. The first-order chi connectivity index (χ1) is 22.8. The first kappa shape index (κ1) is 11.0. The van der Waals surface area contributed by atoms with Gasteiger partial charge in [-0.25, -0.2) is 0 Å². The summed E-state index contributed by atoms with van der Waals surface area (Å²) in [4.78, 5) is 0.690. The number of hydrogen-bond donors (Lipinski definition) is 0. The van der Waals surface area contributed by atoms with Crippen molar-refractivity contribution in [2.24, 2.45) is 0 Å². The van der Waals surface area contributed by atoms with Gasteiger partial charge in [-0.15, -0.1) is 11.3 Å². The van der Waals surface area contributed by atoms with Gasteiger partial charge in [0.2, 0.25) is 0 Å². The molecule has 0 N–H and O–H groups in total. The zero-order chi connectivity index (χ0) is 34.5. The zero-order valence-electron chi connectivity index (χ0n) is 31.1. The molecule has 7 aromatic rings. The molecule has 164 valence electrons. The highest BCUT2D eigenvalue weighted by atomic mass is 32.1. The predicted octanol–water partition coefficient (Wildman–Crippen LogP) is 10.2. The van der Waals surface area contributed by atoms with Gasteiger partial charge in [0.1, 0.15) is 0 Å². The van der Waals surface area contributed by atoms with Gasteiger partial charge in [-0.1, -0.05) is 127 Å². The van der Waals surface area contributed by atoms with Gasteiger partial charge in [-0.05, 0) is 49.9 Å². The van der Waals surface area contributed by atoms with Crippen molar-refractivity contribution in [2.75, 3.05) is 0 Å². The molecule has 1 heterocycles. The second-order valence-electron chi connectivity index (χ2n) is 7.92. The van der Waals surface area contributed by atoms with Crippen molar-refractivity contribution in [2.45, 2.75) is 0 Å². The van der Waals surface area contributed by atoms with Crippen LogP contribution in [-0.4, -0.2) is 0 Å². The molecule has 7 rings (SSSR count). The molecule has 0 aliphatic carbocycles. The van der Waals surface area contributed by atoms with Gasteiger partial charge in [0.15, 0.2) is 0 Å². The number of rotatable bonds is 3. The molecule has 0 radical (unpaired) electrons. The van der Waals surface area contributed by atoms with Gasteiger partial charge in [0, 0.05) is 20.5 Å². The van der Waals surface area contributed by atoms with Crippen LogP contribution in [0.5, 0.6) is 0 Å². The number of benzene rings is 6. The maximum absolute atomic E-state index is 9.26. The SMILES string of the molecule is [2H]c1c([2H])c([2H])c(-c2c3c([2H])c([2H])c([2H])c([2H])c3c(-c3c(-c4ccccc4)sc4ccccc34)c3c([2H])c([2H])c([2H])c([2H])c23)c([2H])c1[2H]. The summed E-state index contributed by atoms with van der Waals surface area (Å²) in [5.41, 5.74) is 0.661. The standard InChI is InChI=1S/C34H22S/c1-3-13-23(14-4-1)31-25-17-7-9-19-27(25)32(28-20-10-8-18-26(28)31)33-29-21-11-12-22-30(29)35-34(33)24-15-5-2-6-16-24/h1-22H/i1D,3D,4D,7D,8D,9D,10D,13D,14D,17D,18D,19D,20D. The Hall–Kier alpha value is -4.20. The van der Waals surface area contributed by atoms with E-state index in [9.17, 15) is 5.48 Å². The van der Waals surface area contributed by atoms with Crippen molar-refractivity contribution in [1.29, 1.82) is 0 Å². The van der Waals surface area contributed by atoms with E-state index in [1.165, 1.54) is 11.3 Å². The van der Waals surface area contributed by atoms with Crippen LogP contribution >= 0.6 is 11.3 Å². The van der Waals surface area contributed by atoms with Gasteiger partial charge >= 0.3 is 0 Å². The Morgan fingerprint density at radius 2 is 0.971 bits per heavy atom. The monoisotopic (exact) mass is 475 g/mol. The number of thiophene rings is 1. The van der Waals surface area contributed by atoms with Gasteiger partial charge in [-0.3, -0.25) is 0 Å². The first-order valence-corrected chi connectivity index (χ1v) is 11.7. The lowest BCUT2D eigenvalue weighted by Crippen LogP contribution is -1.91. The maximum atomic E-state index is 9.26.